The van der Waals surface area contributed by atoms with Crippen LogP contribution in [-0.2, 0) is 36.8 Å². The van der Waals surface area contributed by atoms with Crippen LogP contribution in [0.15, 0.2) is 12.1 Å². The quantitative estimate of drug-likeness (QED) is 0.0411. The third-order valence-electron chi connectivity index (χ3n) is 17.3. The van der Waals surface area contributed by atoms with E-state index in [4.69, 9.17) is 28.4 Å². The van der Waals surface area contributed by atoms with Crippen LogP contribution in [0.25, 0.3) is 0 Å². The maximum Gasteiger partial charge on any atom is 1.00 e. The zero-order valence-corrected chi connectivity index (χ0v) is 53.8. The van der Waals surface area contributed by atoms with Crippen molar-refractivity contribution >= 4 is 16.6 Å². The maximum absolute atomic E-state index is 14.7. The minimum absolute atomic E-state index is 0. The van der Waals surface area contributed by atoms with Crippen LogP contribution in [0.4, 0.5) is 17.6 Å². The van der Waals surface area contributed by atoms with E-state index in [0.717, 1.165) is 131 Å². The molecule has 2 aliphatic heterocycles. The Morgan fingerprint density at radius 2 is 0.973 bits per heavy atom. The Kier molecular flexibility index (Phi) is 33.6. The van der Waals surface area contributed by atoms with Gasteiger partial charge in [-0.2, -0.15) is 26.0 Å². The summed E-state index contributed by atoms with van der Waals surface area (Å²) in [5, 5.41) is 17.6. The van der Waals surface area contributed by atoms with Crippen LogP contribution in [0.3, 0.4) is 0 Å². The Balaban J connectivity index is 0.000000389. The molecule has 4 fully saturated rings. The molecule has 2 unspecified atom stereocenters. The monoisotopic (exact) mass is 1130 g/mol. The van der Waals surface area contributed by atoms with Crippen molar-refractivity contribution in [1.29, 1.82) is 0 Å². The Morgan fingerprint density at radius 3 is 1.35 bits per heavy atom. The van der Waals surface area contributed by atoms with Gasteiger partial charge in [0.25, 0.3) is 16.6 Å². The van der Waals surface area contributed by atoms with Crippen LogP contribution >= 0.6 is 0 Å². The average molecular weight is 1130 g/mol. The van der Waals surface area contributed by atoms with E-state index in [1.165, 1.54) is 96.0 Å². The van der Waals surface area contributed by atoms with E-state index < -0.39 is 39.1 Å². The van der Waals surface area contributed by atoms with Gasteiger partial charge in [-0.25, -0.2) is 0 Å². The van der Waals surface area contributed by atoms with Crippen molar-refractivity contribution in [2.75, 3.05) is 19.5 Å². The van der Waals surface area contributed by atoms with Crippen molar-refractivity contribution in [3.05, 3.63) is 46.5 Å². The Hall–Kier alpha value is -0.0273. The summed E-state index contributed by atoms with van der Waals surface area (Å²) in [5.74, 6) is 1.90. The molecular formula is C58H90F4K2O10S. The first kappa shape index (κ1) is 69.2. The molecule has 8 rings (SSSR count). The van der Waals surface area contributed by atoms with Gasteiger partial charge in [0.1, 0.15) is 0 Å². The zero-order chi connectivity index (χ0) is 52.9. The van der Waals surface area contributed by atoms with Gasteiger partial charge in [-0.15, -0.1) is 0 Å². The fraction of sp³-hybridized carbons (Fsp3) is 0.776. The molecule has 6 aliphatic rings. The first-order valence-corrected chi connectivity index (χ1v) is 30.2. The molecule has 418 valence electrons. The molecule has 4 saturated carbocycles. The van der Waals surface area contributed by atoms with Gasteiger partial charge in [-0.1, -0.05) is 91.9 Å². The van der Waals surface area contributed by atoms with Gasteiger partial charge in [0.15, 0.2) is 23.0 Å². The number of halogens is 4. The molecule has 1 N–H and O–H groups in total. The number of hydrogen-bond donors (Lipinski definition) is 1. The number of carbonyl (C=O) groups excluding carboxylic acids is 1. The molecule has 0 radical (unpaired) electrons. The van der Waals surface area contributed by atoms with Gasteiger partial charge in [0, 0.05) is 11.1 Å². The molecule has 10 nitrogen and oxygen atoms in total. The van der Waals surface area contributed by atoms with Gasteiger partial charge in [0.2, 0.25) is 23.3 Å². The third kappa shape index (κ3) is 22.7. The van der Waals surface area contributed by atoms with E-state index in [1.807, 2.05) is 0 Å². The summed E-state index contributed by atoms with van der Waals surface area (Å²) in [4.78, 5) is 11.2. The van der Waals surface area contributed by atoms with Crippen LogP contribution in [0, 0.1) is 70.6 Å². The number of aromatic hydroxyl groups is 1. The molecular weight excluding hydrogens is 1040 g/mol. The van der Waals surface area contributed by atoms with Crippen molar-refractivity contribution in [3.8, 4) is 23.0 Å². The van der Waals surface area contributed by atoms with Crippen LogP contribution in [-0.4, -0.2) is 51.7 Å². The van der Waals surface area contributed by atoms with Crippen molar-refractivity contribution in [3.63, 3.8) is 0 Å². The molecule has 2 atom stereocenters. The van der Waals surface area contributed by atoms with Crippen molar-refractivity contribution < 1.29 is 169 Å². The number of benzene rings is 2. The number of ether oxygens (including phenoxy) is 3. The number of hydrogen-bond acceptors (Lipinski definition) is 10. The van der Waals surface area contributed by atoms with Crippen LogP contribution in [0.2, 0.25) is 0 Å². The Bertz CT molecular complexity index is 2060. The summed E-state index contributed by atoms with van der Waals surface area (Å²) in [7, 11) is -3.27. The molecule has 0 spiro atoms. The van der Waals surface area contributed by atoms with Gasteiger partial charge >= 0.3 is 103 Å². The van der Waals surface area contributed by atoms with E-state index >= 15 is 0 Å². The third-order valence-corrected chi connectivity index (χ3v) is 17.9. The van der Waals surface area contributed by atoms with Crippen LogP contribution in [0.1, 0.15) is 207 Å². The molecule has 17 heteroatoms. The molecule has 75 heavy (non-hydrogen) atoms. The fourth-order valence-corrected chi connectivity index (χ4v) is 13.0. The number of phenols is 1. The topological polar surface area (TPSA) is 141 Å². The molecule has 0 bridgehead atoms. The second-order valence-electron chi connectivity index (χ2n) is 22.3. The molecule has 2 aromatic rings. The van der Waals surface area contributed by atoms with E-state index in [0.29, 0.717) is 37.0 Å². The largest absolute Gasteiger partial charge is 1.00 e. The summed E-state index contributed by atoms with van der Waals surface area (Å²) >= 11 is 0. The van der Waals surface area contributed by atoms with Gasteiger partial charge < -0.3 is 30.9 Å². The minimum Gasteiger partial charge on any atom is -1.00 e. The normalized spacial score (nSPS) is 27.1. The summed E-state index contributed by atoms with van der Waals surface area (Å²) in [6, 6.07) is 2.94. The van der Waals surface area contributed by atoms with Crippen molar-refractivity contribution in [2.45, 2.75) is 220 Å². The Morgan fingerprint density at radius 1 is 0.600 bits per heavy atom. The predicted molar refractivity (Wildman–Crippen MR) is 276 cm³/mol. The molecule has 0 aromatic heterocycles. The maximum atomic E-state index is 14.7. The molecule has 2 heterocycles. The van der Waals surface area contributed by atoms with Gasteiger partial charge in [0.05, 0.1) is 31.7 Å². The fourth-order valence-electron chi connectivity index (χ4n) is 12.6. The summed E-state index contributed by atoms with van der Waals surface area (Å²) < 4.78 is 100. The standard InChI is InChI=1S/C28H42F2O2.C16H30O3S.C13H16F2O2.CH2O3.2K.H/c1-3-5-6-24-16-15-23-17-25(26(29)27(30)28(23)32-24)31-18-20-9-13-22(14-10-20)21-11-7-19(4-2)8-12-21;1-3-13-4-8-15(9-5-13)16-10-6-14(7-11-16)12-19-20(2,17)18;1-2-3-4-9-6-5-8-7-10(16)11(14)12(15)13(8)17-9;2-1-4-3;;;/h17,19-22,24H,3-16,18H2,1-2H3;13-16H,3-12H2,1-2H3;7,9,16H,2-6H2,1H3;1,3H;;;/q;;;;2*+1;-1/p-1. The molecule has 2 aromatic carbocycles. The van der Waals surface area contributed by atoms with Crippen molar-refractivity contribution in [1.82, 2.24) is 0 Å². The zero-order valence-electron chi connectivity index (χ0n) is 47.8. The minimum atomic E-state index is -3.27. The van der Waals surface area contributed by atoms with Crippen LogP contribution in [0.5, 0.6) is 23.0 Å². The summed E-state index contributed by atoms with van der Waals surface area (Å²) in [6.07, 6.45) is 33.8. The van der Waals surface area contributed by atoms with E-state index in [-0.39, 0.29) is 140 Å². The smallest absolute Gasteiger partial charge is 1.00 e. The average Bonchev–Trinajstić information content (AvgIpc) is 3.42. The Labute approximate surface area is 534 Å². The predicted octanol–water partition coefficient (Wildman–Crippen LogP) is 8.35. The SMILES string of the molecule is CCC1CCC(C2CCC(COS(C)(=O)=O)CC2)CC1.CCCCC1CCc2cc(O)c(F)c(F)c2O1.CCCCC1CCc2cc(OCC3CCC(C4CCC(CC)CC4)CC3)c(F)c(F)c2O1.O=CO[O-].[H-].[K+].[K+]. The first-order chi connectivity index (χ1) is 35.1. The second kappa shape index (κ2) is 36.4. The number of unbranched alkanes of at least 4 members (excludes halogenated alkanes) is 2. The van der Waals surface area contributed by atoms with Gasteiger partial charge in [-0.05, 0) is 175 Å². The van der Waals surface area contributed by atoms with Gasteiger partial charge in [-0.3, -0.25) is 8.98 Å². The number of aryl methyl sites for hydroxylation is 2. The molecule has 0 amide bonds. The van der Waals surface area contributed by atoms with E-state index in [1.54, 1.807) is 6.07 Å². The van der Waals surface area contributed by atoms with E-state index in [2.05, 4.69) is 32.6 Å². The first-order valence-electron chi connectivity index (χ1n) is 28.3. The number of phenolic OH excluding ortho intramolecular Hbond substituents is 1. The number of carbonyl (C=O) groups is 1. The second-order valence-corrected chi connectivity index (χ2v) is 23.9. The van der Waals surface area contributed by atoms with E-state index in [9.17, 15) is 31.1 Å². The number of rotatable bonds is 17. The van der Waals surface area contributed by atoms with Crippen LogP contribution < -0.4 is 122 Å². The summed E-state index contributed by atoms with van der Waals surface area (Å²) in [5.41, 5.74) is 1.30. The number of fused-ring (bicyclic) bond motifs is 2. The molecule has 0 saturated heterocycles. The molecule has 4 aliphatic carbocycles. The summed E-state index contributed by atoms with van der Waals surface area (Å²) in [6.45, 7) is 9.56. The van der Waals surface area contributed by atoms with Crippen molar-refractivity contribution in [2.24, 2.45) is 47.3 Å².